The van der Waals surface area contributed by atoms with Crippen LogP contribution in [-0.2, 0) is 14.3 Å². The summed E-state index contributed by atoms with van der Waals surface area (Å²) in [4.78, 5) is 29.8. The van der Waals surface area contributed by atoms with Crippen LogP contribution in [0.15, 0.2) is 6.20 Å². The molecule has 0 bridgehead atoms. The predicted octanol–water partition coefficient (Wildman–Crippen LogP) is -0.240. The largest absolute Gasteiger partial charge is 0.468 e. The molecule has 0 aliphatic carbocycles. The molecular weight excluding hydrogens is 238 g/mol. The van der Waals surface area contributed by atoms with Gasteiger partial charge in [-0.15, -0.1) is 0 Å². The standard InChI is InChI=1S/C11H11N3O4/c1-17-8(15)5-3-4-7-6-13-10(12)9(14-7)11(16)18-2/h6H,5H2,1-2H3,(H2,12,13). The van der Waals surface area contributed by atoms with Crippen molar-refractivity contribution in [1.29, 1.82) is 0 Å². The Balaban J connectivity index is 2.92. The quantitative estimate of drug-likeness (QED) is 0.569. The lowest BCUT2D eigenvalue weighted by Gasteiger charge is -2.01. The number of hydrogen-bond donors (Lipinski definition) is 1. The number of nitrogen functional groups attached to an aromatic ring is 1. The zero-order valence-electron chi connectivity index (χ0n) is 9.89. The lowest BCUT2D eigenvalue weighted by molar-refractivity contribution is -0.139. The second kappa shape index (κ2) is 6.20. The fourth-order valence-corrected chi connectivity index (χ4v) is 0.985. The van der Waals surface area contributed by atoms with E-state index in [1.54, 1.807) is 0 Å². The third-order valence-electron chi connectivity index (χ3n) is 1.86. The molecule has 7 heteroatoms. The van der Waals surface area contributed by atoms with Crippen LogP contribution in [0.4, 0.5) is 5.82 Å². The van der Waals surface area contributed by atoms with Gasteiger partial charge in [0, 0.05) is 0 Å². The van der Waals surface area contributed by atoms with E-state index in [-0.39, 0.29) is 23.6 Å². The number of methoxy groups -OCH3 is 2. The van der Waals surface area contributed by atoms with Crippen LogP contribution in [0.2, 0.25) is 0 Å². The molecule has 2 N–H and O–H groups in total. The lowest BCUT2D eigenvalue weighted by Crippen LogP contribution is -2.10. The summed E-state index contributed by atoms with van der Waals surface area (Å²) in [5, 5.41) is 0. The zero-order chi connectivity index (χ0) is 13.5. The Morgan fingerprint density at radius 3 is 2.72 bits per heavy atom. The number of nitrogens with two attached hydrogens (primary N) is 1. The summed E-state index contributed by atoms with van der Waals surface area (Å²) in [5.41, 5.74) is 5.57. The summed E-state index contributed by atoms with van der Waals surface area (Å²) in [6.45, 7) is 0. The first-order valence-electron chi connectivity index (χ1n) is 4.85. The fourth-order valence-electron chi connectivity index (χ4n) is 0.985. The van der Waals surface area contributed by atoms with Gasteiger partial charge < -0.3 is 15.2 Å². The minimum Gasteiger partial charge on any atom is -0.468 e. The first kappa shape index (κ1) is 13.4. The van der Waals surface area contributed by atoms with Gasteiger partial charge >= 0.3 is 11.9 Å². The normalized spacial score (nSPS) is 9.00. The van der Waals surface area contributed by atoms with Crippen LogP contribution >= 0.6 is 0 Å². The maximum absolute atomic E-state index is 11.3. The molecule has 0 spiro atoms. The topological polar surface area (TPSA) is 104 Å². The van der Waals surface area contributed by atoms with Crippen molar-refractivity contribution < 1.29 is 19.1 Å². The summed E-state index contributed by atoms with van der Waals surface area (Å²) in [5.74, 6) is 3.91. The van der Waals surface area contributed by atoms with Crippen molar-refractivity contribution in [1.82, 2.24) is 9.97 Å². The maximum atomic E-state index is 11.3. The van der Waals surface area contributed by atoms with Crippen LogP contribution in [0.1, 0.15) is 22.6 Å². The molecule has 94 valence electrons. The smallest absolute Gasteiger partial charge is 0.360 e. The highest BCUT2D eigenvalue weighted by Gasteiger charge is 2.13. The van der Waals surface area contributed by atoms with E-state index < -0.39 is 11.9 Å². The molecular formula is C11H11N3O4. The van der Waals surface area contributed by atoms with Crippen molar-refractivity contribution in [3.05, 3.63) is 17.6 Å². The zero-order valence-corrected chi connectivity index (χ0v) is 9.89. The molecule has 0 unspecified atom stereocenters. The van der Waals surface area contributed by atoms with Gasteiger partial charge in [0.05, 0.1) is 20.4 Å². The molecule has 0 aromatic carbocycles. The van der Waals surface area contributed by atoms with Crippen LogP contribution < -0.4 is 5.73 Å². The van der Waals surface area contributed by atoms with E-state index in [4.69, 9.17) is 5.73 Å². The number of hydrogen-bond acceptors (Lipinski definition) is 7. The molecule has 0 atom stereocenters. The average molecular weight is 249 g/mol. The predicted molar refractivity (Wildman–Crippen MR) is 61.3 cm³/mol. The van der Waals surface area contributed by atoms with Gasteiger partial charge in [0.25, 0.3) is 0 Å². The highest BCUT2D eigenvalue weighted by Crippen LogP contribution is 2.06. The Kier molecular flexibility index (Phi) is 4.63. The average Bonchev–Trinajstić information content (AvgIpc) is 2.39. The third kappa shape index (κ3) is 3.45. The summed E-state index contributed by atoms with van der Waals surface area (Å²) in [6, 6.07) is 0. The Bertz CT molecular complexity index is 531. The molecule has 0 saturated carbocycles. The third-order valence-corrected chi connectivity index (χ3v) is 1.86. The molecule has 0 radical (unpaired) electrons. The molecule has 0 fully saturated rings. The van der Waals surface area contributed by atoms with E-state index in [2.05, 4.69) is 31.3 Å². The number of rotatable bonds is 2. The lowest BCUT2D eigenvalue weighted by atomic mass is 10.3. The Morgan fingerprint density at radius 2 is 2.11 bits per heavy atom. The monoisotopic (exact) mass is 249 g/mol. The second-order valence-corrected chi connectivity index (χ2v) is 3.04. The molecule has 0 aliphatic rings. The van der Waals surface area contributed by atoms with Crippen LogP contribution in [0, 0.1) is 11.8 Å². The van der Waals surface area contributed by atoms with Crippen molar-refractivity contribution in [2.75, 3.05) is 20.0 Å². The summed E-state index contributed by atoms with van der Waals surface area (Å²) >= 11 is 0. The molecule has 1 aromatic heterocycles. The van der Waals surface area contributed by atoms with E-state index in [1.807, 2.05) is 0 Å². The van der Waals surface area contributed by atoms with E-state index in [0.29, 0.717) is 0 Å². The van der Waals surface area contributed by atoms with Crippen molar-refractivity contribution in [2.45, 2.75) is 6.42 Å². The maximum Gasteiger partial charge on any atom is 0.360 e. The van der Waals surface area contributed by atoms with Gasteiger partial charge in [-0.25, -0.2) is 14.8 Å². The van der Waals surface area contributed by atoms with Gasteiger partial charge in [-0.2, -0.15) is 0 Å². The van der Waals surface area contributed by atoms with E-state index in [9.17, 15) is 9.59 Å². The molecule has 7 nitrogen and oxygen atoms in total. The molecule has 0 amide bonds. The minimum absolute atomic E-state index is 0.0413. The van der Waals surface area contributed by atoms with Gasteiger partial charge in [0.15, 0.2) is 11.5 Å². The highest BCUT2D eigenvalue weighted by atomic mass is 16.5. The number of carbonyl (C=O) groups excluding carboxylic acids is 2. The highest BCUT2D eigenvalue weighted by molar-refractivity contribution is 5.91. The first-order valence-corrected chi connectivity index (χ1v) is 4.85. The SMILES string of the molecule is COC(=O)CC#Cc1cnc(N)c(C(=O)OC)n1. The van der Waals surface area contributed by atoms with Crippen LogP contribution in [0.3, 0.4) is 0 Å². The number of carbonyl (C=O) groups is 2. The number of nitrogens with zero attached hydrogens (tertiary/aromatic N) is 2. The Morgan fingerprint density at radius 1 is 1.39 bits per heavy atom. The number of anilines is 1. The van der Waals surface area contributed by atoms with Gasteiger partial charge in [0.1, 0.15) is 12.1 Å². The first-order chi connectivity index (χ1) is 8.58. The molecule has 0 aliphatic heterocycles. The number of ether oxygens (including phenoxy) is 2. The van der Waals surface area contributed by atoms with Gasteiger partial charge in [0.2, 0.25) is 0 Å². The van der Waals surface area contributed by atoms with Crippen LogP contribution in [0.25, 0.3) is 0 Å². The molecule has 1 aromatic rings. The molecule has 0 saturated heterocycles. The van der Waals surface area contributed by atoms with E-state index >= 15 is 0 Å². The minimum atomic E-state index is -0.698. The van der Waals surface area contributed by atoms with Gasteiger partial charge in [-0.05, 0) is 5.92 Å². The summed E-state index contributed by atoms with van der Waals surface area (Å²) < 4.78 is 8.90. The molecule has 18 heavy (non-hydrogen) atoms. The summed E-state index contributed by atoms with van der Waals surface area (Å²) in [7, 11) is 2.47. The molecule has 1 rings (SSSR count). The van der Waals surface area contributed by atoms with Crippen molar-refractivity contribution >= 4 is 17.8 Å². The van der Waals surface area contributed by atoms with Crippen molar-refractivity contribution in [3.63, 3.8) is 0 Å². The van der Waals surface area contributed by atoms with Crippen molar-refractivity contribution in [3.8, 4) is 11.8 Å². The Labute approximate surface area is 103 Å². The van der Waals surface area contributed by atoms with E-state index in [1.165, 1.54) is 20.4 Å². The second-order valence-electron chi connectivity index (χ2n) is 3.04. The van der Waals surface area contributed by atoms with Gasteiger partial charge in [-0.3, -0.25) is 4.79 Å². The summed E-state index contributed by atoms with van der Waals surface area (Å²) in [6.07, 6.45) is 1.22. The van der Waals surface area contributed by atoms with Crippen molar-refractivity contribution in [2.24, 2.45) is 0 Å². The number of aromatic nitrogens is 2. The number of esters is 2. The van der Waals surface area contributed by atoms with Crippen LogP contribution in [-0.4, -0.2) is 36.1 Å². The fraction of sp³-hybridized carbons (Fsp3) is 0.273. The van der Waals surface area contributed by atoms with E-state index in [0.717, 1.165) is 0 Å². The molecule has 1 heterocycles. The Hall–Kier alpha value is -2.62. The van der Waals surface area contributed by atoms with Gasteiger partial charge in [-0.1, -0.05) is 5.92 Å². The van der Waals surface area contributed by atoms with Crippen LogP contribution in [0.5, 0.6) is 0 Å².